The van der Waals surface area contributed by atoms with Gasteiger partial charge in [0.1, 0.15) is 6.10 Å². The summed E-state index contributed by atoms with van der Waals surface area (Å²) in [5.74, 6) is 2.59. The first-order chi connectivity index (χ1) is 6.57. The lowest BCUT2D eigenvalue weighted by atomic mass is 9.98. The van der Waals surface area contributed by atoms with Crippen LogP contribution in [0.1, 0.15) is 37.0 Å². The summed E-state index contributed by atoms with van der Waals surface area (Å²) in [6.45, 7) is 4.10. The highest BCUT2D eigenvalue weighted by Crippen LogP contribution is 2.30. The van der Waals surface area contributed by atoms with Crippen molar-refractivity contribution in [2.24, 2.45) is 0 Å². The summed E-state index contributed by atoms with van der Waals surface area (Å²) in [5.41, 5.74) is 1.62. The molecular weight excluding hydrogens is 196 g/mol. The van der Waals surface area contributed by atoms with Gasteiger partial charge in [0.05, 0.1) is 5.02 Å². The van der Waals surface area contributed by atoms with Gasteiger partial charge in [-0.25, -0.2) is 0 Å². The van der Waals surface area contributed by atoms with Gasteiger partial charge in [-0.2, -0.15) is 0 Å². The van der Waals surface area contributed by atoms with Crippen molar-refractivity contribution in [2.75, 3.05) is 0 Å². The van der Waals surface area contributed by atoms with Gasteiger partial charge in [-0.15, -0.1) is 6.42 Å². The lowest BCUT2D eigenvalue weighted by Gasteiger charge is -2.13. The van der Waals surface area contributed by atoms with Crippen LogP contribution in [0.25, 0.3) is 0 Å². The zero-order chi connectivity index (χ0) is 10.7. The summed E-state index contributed by atoms with van der Waals surface area (Å²) in [6, 6.07) is 5.55. The lowest BCUT2D eigenvalue weighted by Crippen LogP contribution is -1.98. The van der Waals surface area contributed by atoms with Crippen molar-refractivity contribution in [3.05, 3.63) is 34.3 Å². The highest BCUT2D eigenvalue weighted by Gasteiger charge is 2.13. The Labute approximate surface area is 89.7 Å². The van der Waals surface area contributed by atoms with Gasteiger partial charge in [0.25, 0.3) is 0 Å². The summed E-state index contributed by atoms with van der Waals surface area (Å²) in [6.07, 6.45) is 4.22. The monoisotopic (exact) mass is 208 g/mol. The Kier molecular flexibility index (Phi) is 3.57. The smallest absolute Gasteiger partial charge is 0.141 e. The molecule has 0 radical (unpaired) electrons. The Morgan fingerprint density at radius 2 is 1.93 bits per heavy atom. The minimum absolute atomic E-state index is 0.326. The van der Waals surface area contributed by atoms with Crippen LogP contribution in [0.5, 0.6) is 0 Å². The molecule has 0 saturated carbocycles. The molecule has 2 heteroatoms. The van der Waals surface area contributed by atoms with E-state index >= 15 is 0 Å². The normalized spacial score (nSPS) is 12.6. The second-order valence-corrected chi connectivity index (χ2v) is 3.85. The molecule has 0 fully saturated rings. The predicted molar refractivity (Wildman–Crippen MR) is 59.3 cm³/mol. The molecule has 0 aliphatic rings. The quantitative estimate of drug-likeness (QED) is 0.741. The molecule has 74 valence electrons. The van der Waals surface area contributed by atoms with Crippen molar-refractivity contribution in [3.8, 4) is 12.3 Å². The van der Waals surface area contributed by atoms with Crippen LogP contribution in [-0.4, -0.2) is 5.11 Å². The van der Waals surface area contributed by atoms with Crippen molar-refractivity contribution < 1.29 is 5.11 Å². The zero-order valence-corrected chi connectivity index (χ0v) is 9.05. The average Bonchev–Trinajstić information content (AvgIpc) is 2.16. The van der Waals surface area contributed by atoms with Gasteiger partial charge >= 0.3 is 0 Å². The largest absolute Gasteiger partial charge is 0.376 e. The Bertz CT molecular complexity index is 363. The Hall–Kier alpha value is -0.970. The van der Waals surface area contributed by atoms with Crippen LogP contribution in [-0.2, 0) is 0 Å². The van der Waals surface area contributed by atoms with E-state index < -0.39 is 6.10 Å². The second kappa shape index (κ2) is 4.50. The number of benzene rings is 1. The molecule has 0 heterocycles. The first-order valence-corrected chi connectivity index (χ1v) is 4.88. The Morgan fingerprint density at radius 3 is 2.43 bits per heavy atom. The molecule has 0 aliphatic heterocycles. The van der Waals surface area contributed by atoms with Crippen molar-refractivity contribution in [3.63, 3.8) is 0 Å². The third kappa shape index (κ3) is 2.09. The van der Waals surface area contributed by atoms with Gasteiger partial charge in [0.2, 0.25) is 0 Å². The number of rotatable bonds is 2. The summed E-state index contributed by atoms with van der Waals surface area (Å²) >= 11 is 6.12. The molecule has 1 nitrogen and oxygen atoms in total. The maximum atomic E-state index is 9.50. The van der Waals surface area contributed by atoms with Crippen LogP contribution in [0.15, 0.2) is 18.2 Å². The number of hydrogen-bond acceptors (Lipinski definition) is 1. The second-order valence-electron chi connectivity index (χ2n) is 3.47. The predicted octanol–water partition coefficient (Wildman–Crippen LogP) is 3.13. The first kappa shape index (κ1) is 11.1. The summed E-state index contributed by atoms with van der Waals surface area (Å²) < 4.78 is 0. The van der Waals surface area contributed by atoms with E-state index in [1.54, 1.807) is 6.07 Å². The van der Waals surface area contributed by atoms with E-state index in [4.69, 9.17) is 18.0 Å². The molecule has 0 bridgehead atoms. The highest BCUT2D eigenvalue weighted by atomic mass is 35.5. The lowest BCUT2D eigenvalue weighted by molar-refractivity contribution is 0.238. The Morgan fingerprint density at radius 1 is 1.36 bits per heavy atom. The van der Waals surface area contributed by atoms with Crippen molar-refractivity contribution in [1.82, 2.24) is 0 Å². The molecule has 0 aliphatic carbocycles. The minimum atomic E-state index is -0.916. The molecule has 1 aromatic carbocycles. The fourth-order valence-electron chi connectivity index (χ4n) is 1.32. The van der Waals surface area contributed by atoms with Gasteiger partial charge < -0.3 is 5.11 Å². The molecule has 1 unspecified atom stereocenters. The fourth-order valence-corrected chi connectivity index (χ4v) is 1.76. The van der Waals surface area contributed by atoms with Crippen molar-refractivity contribution in [2.45, 2.75) is 25.9 Å². The SMILES string of the molecule is C#CC(O)c1cccc(C(C)C)c1Cl. The summed E-state index contributed by atoms with van der Waals surface area (Å²) in [4.78, 5) is 0. The number of halogens is 1. The van der Waals surface area contributed by atoms with Gasteiger partial charge in [-0.1, -0.05) is 49.6 Å². The minimum Gasteiger partial charge on any atom is -0.376 e. The molecule has 1 atom stereocenters. The van der Waals surface area contributed by atoms with Crippen LogP contribution >= 0.6 is 11.6 Å². The molecule has 0 aromatic heterocycles. The third-order valence-electron chi connectivity index (χ3n) is 2.13. The number of aliphatic hydroxyl groups is 1. The van der Waals surface area contributed by atoms with Gasteiger partial charge in [0.15, 0.2) is 0 Å². The van der Waals surface area contributed by atoms with E-state index in [9.17, 15) is 5.11 Å². The molecular formula is C12H13ClO. The van der Waals surface area contributed by atoms with E-state index in [-0.39, 0.29) is 0 Å². The van der Waals surface area contributed by atoms with Crippen LogP contribution in [0.3, 0.4) is 0 Å². The van der Waals surface area contributed by atoms with E-state index in [2.05, 4.69) is 5.92 Å². The molecule has 0 amide bonds. The molecule has 1 aromatic rings. The first-order valence-electron chi connectivity index (χ1n) is 4.50. The van der Waals surface area contributed by atoms with E-state index in [0.717, 1.165) is 5.56 Å². The number of aliphatic hydroxyl groups excluding tert-OH is 1. The third-order valence-corrected chi connectivity index (χ3v) is 2.57. The van der Waals surface area contributed by atoms with Crippen molar-refractivity contribution >= 4 is 11.6 Å². The van der Waals surface area contributed by atoms with Crippen LogP contribution in [0, 0.1) is 12.3 Å². The molecule has 0 saturated heterocycles. The Balaban J connectivity index is 3.22. The van der Waals surface area contributed by atoms with Gasteiger partial charge in [-0.05, 0) is 11.5 Å². The molecule has 0 spiro atoms. The summed E-state index contributed by atoms with van der Waals surface area (Å²) in [5, 5.41) is 10.1. The molecule has 1 N–H and O–H groups in total. The van der Waals surface area contributed by atoms with E-state index in [1.807, 2.05) is 26.0 Å². The van der Waals surface area contributed by atoms with Gasteiger partial charge in [-0.3, -0.25) is 0 Å². The molecule has 1 rings (SSSR count). The maximum absolute atomic E-state index is 9.50. The topological polar surface area (TPSA) is 20.2 Å². The van der Waals surface area contributed by atoms with Crippen LogP contribution in [0.2, 0.25) is 5.02 Å². The van der Waals surface area contributed by atoms with Crippen LogP contribution in [0.4, 0.5) is 0 Å². The molecule has 14 heavy (non-hydrogen) atoms. The maximum Gasteiger partial charge on any atom is 0.141 e. The highest BCUT2D eigenvalue weighted by molar-refractivity contribution is 6.32. The standard InChI is InChI=1S/C12H13ClO/c1-4-11(14)10-7-5-6-9(8(2)3)12(10)13/h1,5-8,11,14H,2-3H3. The van der Waals surface area contributed by atoms with E-state index in [0.29, 0.717) is 16.5 Å². The van der Waals surface area contributed by atoms with Crippen LogP contribution < -0.4 is 0 Å². The summed E-state index contributed by atoms with van der Waals surface area (Å²) in [7, 11) is 0. The average molecular weight is 209 g/mol. The number of terminal acetylenes is 1. The van der Waals surface area contributed by atoms with E-state index in [1.165, 1.54) is 0 Å². The van der Waals surface area contributed by atoms with Crippen molar-refractivity contribution in [1.29, 1.82) is 0 Å². The van der Waals surface area contributed by atoms with Gasteiger partial charge in [0, 0.05) is 5.56 Å². The number of hydrogen-bond donors (Lipinski definition) is 1. The fraction of sp³-hybridized carbons (Fsp3) is 0.333. The zero-order valence-electron chi connectivity index (χ0n) is 8.29.